The highest BCUT2D eigenvalue weighted by atomic mass is 16.5. The van der Waals surface area contributed by atoms with Gasteiger partial charge in [-0.15, -0.1) is 0 Å². The van der Waals surface area contributed by atoms with Gasteiger partial charge in [-0.25, -0.2) is 19.9 Å². The molecule has 1 aliphatic heterocycles. The number of benzene rings is 1. The zero-order chi connectivity index (χ0) is 27.8. The highest BCUT2D eigenvalue weighted by molar-refractivity contribution is 6.08. The van der Waals surface area contributed by atoms with Crippen molar-refractivity contribution in [2.75, 3.05) is 37.4 Å². The molecule has 0 saturated carbocycles. The number of aromatic nitrogens is 5. The number of fused-ring (bicyclic) bond motifs is 2. The summed E-state index contributed by atoms with van der Waals surface area (Å²) >= 11 is 0. The first-order valence-corrected chi connectivity index (χ1v) is 13.1. The first kappa shape index (κ1) is 25.4. The lowest BCUT2D eigenvalue weighted by Gasteiger charge is -2.16. The van der Waals surface area contributed by atoms with Gasteiger partial charge in [-0.2, -0.15) is 0 Å². The molecule has 1 aliphatic rings. The third-order valence-electron chi connectivity index (χ3n) is 6.91. The van der Waals surface area contributed by atoms with Gasteiger partial charge in [0, 0.05) is 48.5 Å². The van der Waals surface area contributed by atoms with Gasteiger partial charge >= 0.3 is 0 Å². The average Bonchev–Trinajstić information content (AvgIpc) is 3.50. The highest BCUT2D eigenvalue weighted by Crippen LogP contribution is 2.31. The smallest absolute Gasteiger partial charge is 0.255 e. The quantitative estimate of drug-likeness (QED) is 0.290. The molecule has 1 N–H and O–H groups in total. The van der Waals surface area contributed by atoms with E-state index in [1.165, 1.54) is 6.33 Å². The summed E-state index contributed by atoms with van der Waals surface area (Å²) < 4.78 is 8.17. The molecule has 10 nitrogen and oxygen atoms in total. The number of imidazole rings is 1. The fourth-order valence-corrected chi connectivity index (χ4v) is 4.74. The zero-order valence-electron chi connectivity index (χ0n) is 22.9. The molecule has 1 fully saturated rings. The van der Waals surface area contributed by atoms with E-state index in [0.717, 1.165) is 46.2 Å². The number of hydrogen-bond donors (Lipinski definition) is 1. The van der Waals surface area contributed by atoms with Crippen LogP contribution >= 0.6 is 0 Å². The number of pyridine rings is 2. The highest BCUT2D eigenvalue weighted by Gasteiger charge is 2.28. The normalized spacial score (nSPS) is 14.7. The van der Waals surface area contributed by atoms with Crippen molar-refractivity contribution in [2.24, 2.45) is 0 Å². The molecule has 1 aromatic carbocycles. The maximum Gasteiger partial charge on any atom is 0.255 e. The number of aryl methyl sites for hydroxylation is 2. The number of rotatable bonds is 7. The Hall–Kier alpha value is -4.83. The molecule has 0 spiro atoms. The predicted octanol–water partition coefficient (Wildman–Crippen LogP) is 5.05. The maximum atomic E-state index is 13.0. The molecule has 0 radical (unpaired) electrons. The largest absolute Gasteiger partial charge is 0.457 e. The second-order valence-corrected chi connectivity index (χ2v) is 10.2. The Balaban J connectivity index is 1.23. The van der Waals surface area contributed by atoms with Gasteiger partial charge in [0.2, 0.25) is 0 Å². The summed E-state index contributed by atoms with van der Waals surface area (Å²) in [5, 5.41) is 3.37. The molecule has 1 amide bonds. The van der Waals surface area contributed by atoms with Gasteiger partial charge in [0.1, 0.15) is 34.8 Å². The first-order chi connectivity index (χ1) is 19.4. The molecular formula is C30H30N8O2. The van der Waals surface area contributed by atoms with Gasteiger partial charge in [-0.1, -0.05) is 6.08 Å². The van der Waals surface area contributed by atoms with Crippen molar-refractivity contribution in [3.63, 3.8) is 0 Å². The van der Waals surface area contributed by atoms with Crippen LogP contribution in [0.5, 0.6) is 11.5 Å². The van der Waals surface area contributed by atoms with Crippen molar-refractivity contribution in [1.29, 1.82) is 0 Å². The first-order valence-electron chi connectivity index (χ1n) is 13.1. The van der Waals surface area contributed by atoms with Gasteiger partial charge in [0.05, 0.1) is 5.52 Å². The molecule has 0 unspecified atom stereocenters. The van der Waals surface area contributed by atoms with Crippen LogP contribution in [-0.2, 0) is 4.79 Å². The van der Waals surface area contributed by atoms with Crippen LogP contribution in [0.1, 0.15) is 17.7 Å². The van der Waals surface area contributed by atoms with Crippen molar-refractivity contribution in [3.8, 4) is 11.5 Å². The van der Waals surface area contributed by atoms with E-state index in [0.29, 0.717) is 35.6 Å². The average molecular weight is 535 g/mol. The minimum Gasteiger partial charge on any atom is -0.457 e. The SMILES string of the molecule is Cc1cc(Nc2ncnc3ccc(N4CC/C(=C\CN(C)C)C4=O)nc23)ccc1Oc1ccn2c(C)cnc2c1. The van der Waals surface area contributed by atoms with Crippen LogP contribution in [0.4, 0.5) is 17.3 Å². The fourth-order valence-electron chi connectivity index (χ4n) is 4.74. The van der Waals surface area contributed by atoms with Crippen LogP contribution < -0.4 is 15.0 Å². The van der Waals surface area contributed by atoms with E-state index in [9.17, 15) is 4.79 Å². The van der Waals surface area contributed by atoms with Crippen LogP contribution in [0, 0.1) is 13.8 Å². The lowest BCUT2D eigenvalue weighted by atomic mass is 10.2. The van der Waals surface area contributed by atoms with Crippen molar-refractivity contribution in [2.45, 2.75) is 20.3 Å². The number of hydrogen-bond acceptors (Lipinski definition) is 8. The molecule has 10 heteroatoms. The second kappa shape index (κ2) is 10.4. The van der Waals surface area contributed by atoms with Crippen LogP contribution in [0.3, 0.4) is 0 Å². The molecule has 202 valence electrons. The lowest BCUT2D eigenvalue weighted by Crippen LogP contribution is -2.25. The third kappa shape index (κ3) is 4.96. The Kier molecular flexibility index (Phi) is 6.61. The summed E-state index contributed by atoms with van der Waals surface area (Å²) in [5.41, 5.74) is 5.80. The Morgan fingerprint density at radius 3 is 2.77 bits per heavy atom. The Morgan fingerprint density at radius 2 is 1.95 bits per heavy atom. The summed E-state index contributed by atoms with van der Waals surface area (Å²) in [7, 11) is 3.97. The number of ether oxygens (including phenoxy) is 1. The van der Waals surface area contributed by atoms with Crippen molar-refractivity contribution in [3.05, 3.63) is 84.1 Å². The minimum atomic E-state index is -0.00620. The minimum absolute atomic E-state index is 0.00620. The molecule has 5 aromatic rings. The molecule has 4 aromatic heterocycles. The number of nitrogens with one attached hydrogen (secondary N) is 1. The number of likely N-dealkylation sites (N-methyl/N-ethyl adjacent to an activating group) is 1. The summed E-state index contributed by atoms with van der Waals surface area (Å²) in [4.78, 5) is 34.8. The third-order valence-corrected chi connectivity index (χ3v) is 6.91. The fraction of sp³-hybridized carbons (Fsp3) is 0.233. The molecular weight excluding hydrogens is 504 g/mol. The monoisotopic (exact) mass is 534 g/mol. The van der Waals surface area contributed by atoms with E-state index in [1.54, 1.807) is 4.90 Å². The Bertz CT molecular complexity index is 1780. The van der Waals surface area contributed by atoms with E-state index < -0.39 is 0 Å². The topological polar surface area (TPSA) is 101 Å². The molecule has 0 atom stereocenters. The van der Waals surface area contributed by atoms with E-state index in [1.807, 2.05) is 98.2 Å². The molecule has 6 rings (SSSR count). The van der Waals surface area contributed by atoms with Gasteiger partial charge in [0.15, 0.2) is 5.82 Å². The number of anilines is 3. The van der Waals surface area contributed by atoms with Gasteiger partial charge in [-0.05, 0) is 76.3 Å². The van der Waals surface area contributed by atoms with Crippen LogP contribution in [-0.4, -0.2) is 62.3 Å². The Morgan fingerprint density at radius 1 is 1.07 bits per heavy atom. The van der Waals surface area contributed by atoms with Crippen molar-refractivity contribution < 1.29 is 9.53 Å². The predicted molar refractivity (Wildman–Crippen MR) is 155 cm³/mol. The summed E-state index contributed by atoms with van der Waals surface area (Å²) in [6.07, 6.45) is 7.99. The van der Waals surface area contributed by atoms with Gasteiger partial charge in [0.25, 0.3) is 5.91 Å². The van der Waals surface area contributed by atoms with E-state index in [-0.39, 0.29) is 5.91 Å². The van der Waals surface area contributed by atoms with Gasteiger partial charge in [-0.3, -0.25) is 9.69 Å². The van der Waals surface area contributed by atoms with E-state index in [4.69, 9.17) is 9.72 Å². The summed E-state index contributed by atoms with van der Waals surface area (Å²) in [5.74, 6) is 2.62. The summed E-state index contributed by atoms with van der Waals surface area (Å²) in [6, 6.07) is 13.4. The van der Waals surface area contributed by atoms with Crippen molar-refractivity contribution >= 4 is 39.9 Å². The Labute approximate surface area is 232 Å². The summed E-state index contributed by atoms with van der Waals surface area (Å²) in [6.45, 7) is 5.33. The zero-order valence-corrected chi connectivity index (χ0v) is 22.9. The maximum absolute atomic E-state index is 13.0. The van der Waals surface area contributed by atoms with Crippen LogP contribution in [0.25, 0.3) is 16.7 Å². The number of carbonyl (C=O) groups excluding carboxylic acids is 1. The second-order valence-electron chi connectivity index (χ2n) is 10.2. The standard InChI is InChI=1S/C30H30N8O2/c1-19-15-22(5-7-25(19)40-23-11-14-37-20(2)17-31-27(37)16-23)34-29-28-24(32-18-33-29)6-8-26(35-28)38-13-10-21(30(38)39)9-12-36(3)4/h5-9,11,14-18H,10,12-13H2,1-4H3,(H,32,33,34)/b21-9+. The van der Waals surface area contributed by atoms with Gasteiger partial charge < -0.3 is 19.4 Å². The molecule has 0 bridgehead atoms. The molecule has 1 saturated heterocycles. The lowest BCUT2D eigenvalue weighted by molar-refractivity contribution is -0.114. The van der Waals surface area contributed by atoms with E-state index >= 15 is 0 Å². The molecule has 0 aliphatic carbocycles. The molecule has 5 heterocycles. The number of carbonyl (C=O) groups is 1. The van der Waals surface area contributed by atoms with Crippen LogP contribution in [0.15, 0.2) is 72.8 Å². The number of amides is 1. The molecule has 40 heavy (non-hydrogen) atoms. The van der Waals surface area contributed by atoms with Crippen LogP contribution in [0.2, 0.25) is 0 Å². The van der Waals surface area contributed by atoms with E-state index in [2.05, 4.69) is 20.3 Å². The van der Waals surface area contributed by atoms with Crippen molar-refractivity contribution in [1.82, 2.24) is 29.2 Å². The number of nitrogens with zero attached hydrogens (tertiary/aromatic N) is 7.